The van der Waals surface area contributed by atoms with E-state index in [4.69, 9.17) is 0 Å². The van der Waals surface area contributed by atoms with E-state index in [1.54, 1.807) is 18.2 Å². The molecule has 2 aromatic carbocycles. The van der Waals surface area contributed by atoms with Crippen LogP contribution in [-0.2, 0) is 14.8 Å². The highest BCUT2D eigenvalue weighted by molar-refractivity contribution is 8.00. The predicted octanol–water partition coefficient (Wildman–Crippen LogP) is 2.22. The van der Waals surface area contributed by atoms with Gasteiger partial charge < -0.3 is 4.90 Å². The number of nitrogens with zero attached hydrogens (tertiary/aromatic N) is 2. The van der Waals surface area contributed by atoms with Gasteiger partial charge in [-0.3, -0.25) is 4.79 Å². The van der Waals surface area contributed by atoms with E-state index in [0.717, 1.165) is 11.3 Å². The van der Waals surface area contributed by atoms with Crippen LogP contribution in [0.25, 0.3) is 0 Å². The lowest BCUT2D eigenvalue weighted by Crippen LogP contribution is -2.44. The maximum atomic E-state index is 12.5. The molecule has 0 spiro atoms. The SMILES string of the molecule is CN(C)c1ccc([C@@H]2SCC(=O)N2NS(=O)(=O)c2ccccc2)cc1. The maximum Gasteiger partial charge on any atom is 0.257 e. The summed E-state index contributed by atoms with van der Waals surface area (Å²) in [5.74, 6) is -0.0246. The van der Waals surface area contributed by atoms with Crippen LogP contribution in [0, 0.1) is 0 Å². The summed E-state index contributed by atoms with van der Waals surface area (Å²) in [7, 11) is 0.0895. The van der Waals surface area contributed by atoms with Crippen molar-refractivity contribution in [3.05, 3.63) is 60.2 Å². The smallest absolute Gasteiger partial charge is 0.257 e. The quantitative estimate of drug-likeness (QED) is 0.865. The van der Waals surface area contributed by atoms with Crippen LogP contribution in [0.2, 0.25) is 0 Å². The molecule has 1 N–H and O–H groups in total. The largest absolute Gasteiger partial charge is 0.378 e. The van der Waals surface area contributed by atoms with Gasteiger partial charge in [-0.15, -0.1) is 16.6 Å². The molecular formula is C17H19N3O3S2. The van der Waals surface area contributed by atoms with E-state index in [-0.39, 0.29) is 21.9 Å². The number of carbonyl (C=O) groups is 1. The summed E-state index contributed by atoms with van der Waals surface area (Å²) < 4.78 is 25.1. The number of hydrazine groups is 1. The highest BCUT2D eigenvalue weighted by atomic mass is 32.2. The number of rotatable bonds is 5. The third-order valence-electron chi connectivity index (χ3n) is 3.83. The molecule has 0 aromatic heterocycles. The van der Waals surface area contributed by atoms with E-state index < -0.39 is 10.0 Å². The Bertz CT molecular complexity index is 852. The Balaban J connectivity index is 1.85. The van der Waals surface area contributed by atoms with Crippen molar-refractivity contribution in [2.24, 2.45) is 0 Å². The number of carbonyl (C=O) groups excluding carboxylic acids is 1. The molecule has 1 aliphatic heterocycles. The molecule has 0 radical (unpaired) electrons. The minimum absolute atomic E-state index is 0.126. The molecule has 8 heteroatoms. The fraction of sp³-hybridized carbons (Fsp3) is 0.235. The van der Waals surface area contributed by atoms with Crippen LogP contribution in [0.4, 0.5) is 5.69 Å². The summed E-state index contributed by atoms with van der Waals surface area (Å²) >= 11 is 1.40. The second-order valence-electron chi connectivity index (χ2n) is 5.82. The molecule has 1 saturated heterocycles. The van der Waals surface area contributed by atoms with Crippen molar-refractivity contribution >= 4 is 33.4 Å². The first-order chi connectivity index (χ1) is 11.9. The van der Waals surface area contributed by atoms with Crippen LogP contribution in [-0.4, -0.2) is 39.2 Å². The van der Waals surface area contributed by atoms with Crippen LogP contribution in [0.1, 0.15) is 10.9 Å². The number of sulfonamides is 1. The Morgan fingerprint density at radius 2 is 1.72 bits per heavy atom. The number of anilines is 1. The van der Waals surface area contributed by atoms with E-state index in [1.165, 1.54) is 28.9 Å². The van der Waals surface area contributed by atoms with Gasteiger partial charge in [-0.05, 0) is 29.8 Å². The molecule has 1 aliphatic rings. The molecule has 0 bridgehead atoms. The molecular weight excluding hydrogens is 358 g/mol. The van der Waals surface area contributed by atoms with Crippen molar-refractivity contribution in [2.75, 3.05) is 24.7 Å². The normalized spacial score (nSPS) is 17.8. The van der Waals surface area contributed by atoms with Crippen molar-refractivity contribution in [1.82, 2.24) is 9.84 Å². The first kappa shape index (κ1) is 17.8. The summed E-state index contributed by atoms with van der Waals surface area (Å²) in [5.41, 5.74) is 1.91. The molecule has 1 fully saturated rings. The van der Waals surface area contributed by atoms with E-state index in [9.17, 15) is 13.2 Å². The van der Waals surface area contributed by atoms with Crippen LogP contribution in [0.3, 0.4) is 0 Å². The monoisotopic (exact) mass is 377 g/mol. The summed E-state index contributed by atoms with van der Waals surface area (Å²) in [6.45, 7) is 0. The number of benzene rings is 2. The fourth-order valence-electron chi connectivity index (χ4n) is 2.49. The van der Waals surface area contributed by atoms with E-state index in [2.05, 4.69) is 4.83 Å². The van der Waals surface area contributed by atoms with Gasteiger partial charge in [0.25, 0.3) is 10.0 Å². The van der Waals surface area contributed by atoms with Crippen molar-refractivity contribution < 1.29 is 13.2 Å². The van der Waals surface area contributed by atoms with Gasteiger partial charge in [-0.25, -0.2) is 13.4 Å². The molecule has 3 rings (SSSR count). The molecule has 132 valence electrons. The van der Waals surface area contributed by atoms with Gasteiger partial charge >= 0.3 is 0 Å². The lowest BCUT2D eigenvalue weighted by Gasteiger charge is -2.25. The number of hydrogen-bond donors (Lipinski definition) is 1. The van der Waals surface area contributed by atoms with Gasteiger partial charge in [0.1, 0.15) is 5.37 Å². The zero-order valence-corrected chi connectivity index (χ0v) is 15.5. The standard InChI is InChI=1S/C17H19N3O3S2/c1-19(2)14-10-8-13(9-11-14)17-20(16(21)12-24-17)18-25(22,23)15-6-4-3-5-7-15/h3-11,17-18H,12H2,1-2H3/t17-/m0/s1. The highest BCUT2D eigenvalue weighted by Crippen LogP contribution is 2.38. The van der Waals surface area contributed by atoms with Crippen molar-refractivity contribution in [3.63, 3.8) is 0 Å². The number of hydrogen-bond acceptors (Lipinski definition) is 5. The van der Waals surface area contributed by atoms with Crippen LogP contribution in [0.15, 0.2) is 59.5 Å². The van der Waals surface area contributed by atoms with Crippen molar-refractivity contribution in [3.8, 4) is 0 Å². The molecule has 6 nitrogen and oxygen atoms in total. The number of amides is 1. The van der Waals surface area contributed by atoms with Gasteiger partial charge in [-0.1, -0.05) is 30.3 Å². The third-order valence-corrected chi connectivity index (χ3v) is 6.38. The first-order valence-corrected chi connectivity index (χ1v) is 10.2. The average Bonchev–Trinajstić information content (AvgIpc) is 2.96. The van der Waals surface area contributed by atoms with E-state index >= 15 is 0 Å². The minimum atomic E-state index is -3.81. The van der Waals surface area contributed by atoms with Crippen molar-refractivity contribution in [1.29, 1.82) is 0 Å². The van der Waals surface area contributed by atoms with E-state index in [1.807, 2.05) is 43.3 Å². The molecule has 25 heavy (non-hydrogen) atoms. The molecule has 1 atom stereocenters. The predicted molar refractivity (Wildman–Crippen MR) is 99.6 cm³/mol. The molecule has 2 aromatic rings. The minimum Gasteiger partial charge on any atom is -0.378 e. The van der Waals surface area contributed by atoms with Crippen molar-refractivity contribution in [2.45, 2.75) is 10.3 Å². The third kappa shape index (κ3) is 3.81. The summed E-state index contributed by atoms with van der Waals surface area (Å²) in [6, 6.07) is 15.7. The Labute approximate surface area is 151 Å². The van der Waals surface area contributed by atoms with Gasteiger partial charge in [0.15, 0.2) is 0 Å². The van der Waals surface area contributed by atoms with Gasteiger partial charge in [0.2, 0.25) is 5.91 Å². The summed E-state index contributed by atoms with van der Waals surface area (Å²) in [4.78, 5) is 16.7. The van der Waals surface area contributed by atoms with Gasteiger partial charge in [-0.2, -0.15) is 0 Å². The number of thioether (sulfide) groups is 1. The molecule has 0 saturated carbocycles. The lowest BCUT2D eigenvalue weighted by atomic mass is 10.2. The molecule has 1 heterocycles. The summed E-state index contributed by atoms with van der Waals surface area (Å²) in [5, 5.41) is 0.819. The van der Waals surface area contributed by atoms with Gasteiger partial charge in [0.05, 0.1) is 10.6 Å². The summed E-state index contributed by atoms with van der Waals surface area (Å²) in [6.07, 6.45) is 0. The van der Waals surface area contributed by atoms with E-state index in [0.29, 0.717) is 0 Å². The Morgan fingerprint density at radius 1 is 1.08 bits per heavy atom. The second-order valence-corrected chi connectivity index (χ2v) is 8.55. The molecule has 0 aliphatic carbocycles. The molecule has 1 amide bonds. The maximum absolute atomic E-state index is 12.5. The Hall–Kier alpha value is -2.03. The molecule has 0 unspecified atom stereocenters. The average molecular weight is 377 g/mol. The zero-order valence-electron chi connectivity index (χ0n) is 13.9. The topological polar surface area (TPSA) is 69.7 Å². The van der Waals surface area contributed by atoms with Gasteiger partial charge in [0, 0.05) is 19.8 Å². The zero-order chi connectivity index (χ0) is 18.0. The first-order valence-electron chi connectivity index (χ1n) is 7.67. The fourth-order valence-corrected chi connectivity index (χ4v) is 4.75. The Morgan fingerprint density at radius 3 is 2.32 bits per heavy atom. The lowest BCUT2D eigenvalue weighted by molar-refractivity contribution is -0.129. The van der Waals surface area contributed by atoms with Crippen LogP contribution in [0.5, 0.6) is 0 Å². The Kier molecular flexibility index (Phi) is 5.03. The second kappa shape index (κ2) is 7.07. The van der Waals surface area contributed by atoms with Crippen LogP contribution < -0.4 is 9.73 Å². The highest BCUT2D eigenvalue weighted by Gasteiger charge is 2.36. The van der Waals surface area contributed by atoms with Crippen LogP contribution >= 0.6 is 11.8 Å². The number of nitrogens with one attached hydrogen (secondary N) is 1.